The van der Waals surface area contributed by atoms with Gasteiger partial charge in [-0.25, -0.2) is 8.78 Å². The Morgan fingerprint density at radius 1 is 1.37 bits per heavy atom. The molecule has 1 aromatic heterocycles. The number of aryl methyl sites for hydroxylation is 1. The molecule has 1 heterocycles. The first kappa shape index (κ1) is 13.4. The van der Waals surface area contributed by atoms with Gasteiger partial charge in [-0.3, -0.25) is 10.1 Å². The monoisotopic (exact) mass is 284 g/mol. The number of halogens is 2. The molecule has 0 saturated carbocycles. The number of hydrogen-bond acceptors (Lipinski definition) is 4. The van der Waals surface area contributed by atoms with Gasteiger partial charge in [0.25, 0.3) is 5.69 Å². The fourth-order valence-corrected chi connectivity index (χ4v) is 2.46. The minimum absolute atomic E-state index is 0.252. The van der Waals surface area contributed by atoms with Crippen LogP contribution in [0.15, 0.2) is 24.3 Å². The van der Waals surface area contributed by atoms with Crippen LogP contribution in [0.4, 0.5) is 20.2 Å². The smallest absolute Gasteiger partial charge is 0.298 e. The van der Waals surface area contributed by atoms with Crippen LogP contribution < -0.4 is 5.32 Å². The van der Waals surface area contributed by atoms with Gasteiger partial charge in [-0.15, -0.1) is 11.3 Å². The Bertz CT molecular complexity index is 628. The summed E-state index contributed by atoms with van der Waals surface area (Å²) in [6.07, 6.45) is 0. The van der Waals surface area contributed by atoms with Crippen LogP contribution in [0, 0.1) is 28.7 Å². The third-order valence-electron chi connectivity index (χ3n) is 2.47. The summed E-state index contributed by atoms with van der Waals surface area (Å²) in [5.41, 5.74) is -0.900. The van der Waals surface area contributed by atoms with Crippen molar-refractivity contribution in [3.05, 3.63) is 55.8 Å². The van der Waals surface area contributed by atoms with Gasteiger partial charge in [-0.2, -0.15) is 0 Å². The Hall–Kier alpha value is -2.02. The van der Waals surface area contributed by atoms with E-state index in [9.17, 15) is 18.9 Å². The fraction of sp³-hybridized carbons (Fsp3) is 0.167. The number of benzene rings is 1. The highest BCUT2D eigenvalue weighted by atomic mass is 32.1. The maximum Gasteiger partial charge on any atom is 0.298 e. The van der Waals surface area contributed by atoms with Gasteiger partial charge in [0.2, 0.25) is 0 Å². The van der Waals surface area contributed by atoms with E-state index in [4.69, 9.17) is 0 Å². The Morgan fingerprint density at radius 2 is 2.11 bits per heavy atom. The number of rotatable bonds is 4. The second-order valence-electron chi connectivity index (χ2n) is 3.90. The zero-order valence-corrected chi connectivity index (χ0v) is 10.8. The SMILES string of the molecule is Cc1ccc(CNc2c(F)cc(F)cc2[N+](=O)[O-])s1. The van der Waals surface area contributed by atoms with Crippen molar-refractivity contribution in [3.8, 4) is 0 Å². The minimum atomic E-state index is -0.972. The molecule has 0 saturated heterocycles. The molecule has 2 rings (SSSR count). The van der Waals surface area contributed by atoms with E-state index in [1.54, 1.807) is 0 Å². The molecule has 0 radical (unpaired) electrons. The molecule has 1 N–H and O–H groups in total. The number of nitro groups is 1. The summed E-state index contributed by atoms with van der Waals surface area (Å²) in [6, 6.07) is 5.07. The molecular weight excluding hydrogens is 274 g/mol. The van der Waals surface area contributed by atoms with E-state index >= 15 is 0 Å². The summed E-state index contributed by atoms with van der Waals surface area (Å²) in [5, 5.41) is 13.4. The first-order chi connectivity index (χ1) is 8.97. The first-order valence-corrected chi connectivity index (χ1v) is 6.21. The molecule has 0 amide bonds. The molecule has 1 aromatic carbocycles. The van der Waals surface area contributed by atoms with Gasteiger partial charge in [0.15, 0.2) is 5.82 Å². The molecule has 0 spiro atoms. The van der Waals surface area contributed by atoms with Crippen LogP contribution >= 0.6 is 11.3 Å². The second kappa shape index (κ2) is 5.31. The maximum absolute atomic E-state index is 13.6. The van der Waals surface area contributed by atoms with Crippen LogP contribution in [-0.2, 0) is 6.54 Å². The van der Waals surface area contributed by atoms with Crippen molar-refractivity contribution in [3.63, 3.8) is 0 Å². The van der Waals surface area contributed by atoms with Gasteiger partial charge in [-0.1, -0.05) is 0 Å². The molecule has 0 fully saturated rings. The number of thiophene rings is 1. The molecule has 0 unspecified atom stereocenters. The zero-order chi connectivity index (χ0) is 14.0. The maximum atomic E-state index is 13.6. The minimum Gasteiger partial charge on any atom is -0.372 e. The summed E-state index contributed by atoms with van der Waals surface area (Å²) in [4.78, 5) is 12.0. The summed E-state index contributed by atoms with van der Waals surface area (Å²) in [6.45, 7) is 2.18. The predicted octanol–water partition coefficient (Wildman–Crippen LogP) is 3.86. The van der Waals surface area contributed by atoms with E-state index in [0.717, 1.165) is 9.75 Å². The molecule has 19 heavy (non-hydrogen) atoms. The van der Waals surface area contributed by atoms with E-state index < -0.39 is 22.2 Å². The molecule has 0 aliphatic carbocycles. The number of hydrogen-bond donors (Lipinski definition) is 1. The summed E-state index contributed by atoms with van der Waals surface area (Å²) in [5.74, 6) is -1.94. The van der Waals surface area contributed by atoms with Crippen molar-refractivity contribution >= 4 is 22.7 Å². The standard InChI is InChI=1S/C12H10F2N2O2S/c1-7-2-3-9(19-7)6-15-12-10(14)4-8(13)5-11(12)16(17)18/h2-5,15H,6H2,1H3. The van der Waals surface area contributed by atoms with Crippen molar-refractivity contribution in [1.29, 1.82) is 0 Å². The number of nitrogens with one attached hydrogen (secondary N) is 1. The zero-order valence-electron chi connectivity index (χ0n) is 9.94. The van der Waals surface area contributed by atoms with Crippen molar-refractivity contribution in [2.24, 2.45) is 0 Å². The largest absolute Gasteiger partial charge is 0.372 e. The van der Waals surface area contributed by atoms with Crippen LogP contribution in [-0.4, -0.2) is 4.92 Å². The number of anilines is 1. The Morgan fingerprint density at radius 3 is 2.68 bits per heavy atom. The van der Waals surface area contributed by atoms with Crippen molar-refractivity contribution in [2.45, 2.75) is 13.5 Å². The summed E-state index contributed by atoms with van der Waals surface area (Å²) in [7, 11) is 0. The first-order valence-electron chi connectivity index (χ1n) is 5.40. The highest BCUT2D eigenvalue weighted by Gasteiger charge is 2.20. The lowest BCUT2D eigenvalue weighted by atomic mass is 10.2. The normalized spacial score (nSPS) is 10.5. The molecule has 7 heteroatoms. The topological polar surface area (TPSA) is 55.2 Å². The van der Waals surface area contributed by atoms with Gasteiger partial charge in [-0.05, 0) is 19.1 Å². The quantitative estimate of drug-likeness (QED) is 0.685. The molecule has 2 aromatic rings. The van der Waals surface area contributed by atoms with E-state index in [1.165, 1.54) is 11.3 Å². The van der Waals surface area contributed by atoms with E-state index in [0.29, 0.717) is 12.1 Å². The molecule has 100 valence electrons. The van der Waals surface area contributed by atoms with Crippen LogP contribution in [0.3, 0.4) is 0 Å². The van der Waals surface area contributed by atoms with Crippen LogP contribution in [0.5, 0.6) is 0 Å². The van der Waals surface area contributed by atoms with Crippen LogP contribution in [0.2, 0.25) is 0 Å². The van der Waals surface area contributed by atoms with E-state index in [2.05, 4.69) is 5.32 Å². The molecule has 0 aliphatic heterocycles. The molecule has 0 atom stereocenters. The average molecular weight is 284 g/mol. The lowest BCUT2D eigenvalue weighted by molar-refractivity contribution is -0.384. The lowest BCUT2D eigenvalue weighted by Crippen LogP contribution is -2.04. The van der Waals surface area contributed by atoms with Crippen LogP contribution in [0.1, 0.15) is 9.75 Å². The van der Waals surface area contributed by atoms with E-state index in [1.807, 2.05) is 19.1 Å². The number of nitro benzene ring substituents is 1. The van der Waals surface area contributed by atoms with Gasteiger partial charge in [0.1, 0.15) is 11.5 Å². The second-order valence-corrected chi connectivity index (χ2v) is 5.28. The number of nitrogens with zero attached hydrogens (tertiary/aromatic N) is 1. The van der Waals surface area contributed by atoms with Gasteiger partial charge >= 0.3 is 0 Å². The molecule has 4 nitrogen and oxygen atoms in total. The van der Waals surface area contributed by atoms with Crippen LogP contribution in [0.25, 0.3) is 0 Å². The fourth-order valence-electron chi connectivity index (χ4n) is 1.63. The lowest BCUT2D eigenvalue weighted by Gasteiger charge is -2.07. The highest BCUT2D eigenvalue weighted by molar-refractivity contribution is 7.11. The summed E-state index contributed by atoms with van der Waals surface area (Å²) < 4.78 is 26.5. The molecular formula is C12H10F2N2O2S. The van der Waals surface area contributed by atoms with Gasteiger partial charge in [0.05, 0.1) is 11.0 Å². The summed E-state index contributed by atoms with van der Waals surface area (Å²) >= 11 is 1.50. The van der Waals surface area contributed by atoms with Crippen molar-refractivity contribution < 1.29 is 13.7 Å². The predicted molar refractivity (Wildman–Crippen MR) is 69.4 cm³/mol. The Balaban J connectivity index is 2.26. The van der Waals surface area contributed by atoms with E-state index in [-0.39, 0.29) is 12.2 Å². The molecule has 0 bridgehead atoms. The molecule has 0 aliphatic rings. The van der Waals surface area contributed by atoms with Gasteiger partial charge in [0, 0.05) is 22.4 Å². The Kier molecular flexibility index (Phi) is 3.75. The van der Waals surface area contributed by atoms with Gasteiger partial charge < -0.3 is 5.32 Å². The average Bonchev–Trinajstić information content (AvgIpc) is 2.73. The Labute approximate surface area is 111 Å². The highest BCUT2D eigenvalue weighted by Crippen LogP contribution is 2.29. The third kappa shape index (κ3) is 3.05. The third-order valence-corrected chi connectivity index (χ3v) is 3.47. The van der Waals surface area contributed by atoms with Crippen molar-refractivity contribution in [1.82, 2.24) is 0 Å². The van der Waals surface area contributed by atoms with Crippen molar-refractivity contribution in [2.75, 3.05) is 5.32 Å².